The molecule has 0 radical (unpaired) electrons. The van der Waals surface area contributed by atoms with Crippen molar-refractivity contribution in [3.8, 4) is 11.5 Å². The van der Waals surface area contributed by atoms with E-state index < -0.39 is 0 Å². The zero-order valence-corrected chi connectivity index (χ0v) is 17.2. The molecule has 29 heavy (non-hydrogen) atoms. The molecule has 0 bridgehead atoms. The molecule has 7 nitrogen and oxygen atoms in total. The van der Waals surface area contributed by atoms with Crippen LogP contribution in [0.2, 0.25) is 5.02 Å². The third kappa shape index (κ3) is 4.98. The Balaban J connectivity index is 1.62. The van der Waals surface area contributed by atoms with Gasteiger partial charge in [0.25, 0.3) is 5.91 Å². The van der Waals surface area contributed by atoms with E-state index in [1.54, 1.807) is 41.6 Å². The number of amides is 2. The van der Waals surface area contributed by atoms with Crippen LogP contribution >= 0.6 is 11.6 Å². The maximum absolute atomic E-state index is 12.9. The zero-order chi connectivity index (χ0) is 20.8. The van der Waals surface area contributed by atoms with Gasteiger partial charge in [0, 0.05) is 42.7 Å². The topological polar surface area (TPSA) is 80.8 Å². The van der Waals surface area contributed by atoms with Gasteiger partial charge in [0.1, 0.15) is 0 Å². The van der Waals surface area contributed by atoms with Crippen molar-refractivity contribution in [3.05, 3.63) is 47.2 Å². The Bertz CT molecular complexity index is 868. The van der Waals surface area contributed by atoms with E-state index >= 15 is 0 Å². The second kappa shape index (κ2) is 9.60. The molecule has 3 rings (SSSR count). The average Bonchev–Trinajstić information content (AvgIpc) is 2.75. The van der Waals surface area contributed by atoms with Crippen LogP contribution < -0.4 is 14.8 Å². The molecule has 0 spiro atoms. The van der Waals surface area contributed by atoms with Crippen molar-refractivity contribution in [1.82, 2.24) is 9.88 Å². The van der Waals surface area contributed by atoms with Crippen LogP contribution in [0.3, 0.4) is 0 Å². The van der Waals surface area contributed by atoms with Crippen molar-refractivity contribution >= 4 is 29.1 Å². The predicted octanol–water partition coefficient (Wildman–Crippen LogP) is 3.63. The van der Waals surface area contributed by atoms with Crippen LogP contribution in [0, 0.1) is 5.92 Å². The van der Waals surface area contributed by atoms with E-state index in [0.29, 0.717) is 54.6 Å². The summed E-state index contributed by atoms with van der Waals surface area (Å²) in [6.07, 6.45) is 4.47. The Morgan fingerprint density at radius 2 is 1.93 bits per heavy atom. The molecule has 1 aromatic heterocycles. The van der Waals surface area contributed by atoms with Crippen molar-refractivity contribution in [2.24, 2.45) is 5.92 Å². The van der Waals surface area contributed by atoms with E-state index in [4.69, 9.17) is 21.1 Å². The SMILES string of the molecule is CCOc1c(Cl)cc(C(=O)N2CCC(C(=O)Nc3ccncc3)CC2)cc1OC. The molecule has 2 heterocycles. The molecule has 8 heteroatoms. The first-order valence-electron chi connectivity index (χ1n) is 9.54. The zero-order valence-electron chi connectivity index (χ0n) is 16.5. The average molecular weight is 418 g/mol. The number of nitrogens with one attached hydrogen (secondary N) is 1. The largest absolute Gasteiger partial charge is 0.493 e. The number of hydrogen-bond acceptors (Lipinski definition) is 5. The summed E-state index contributed by atoms with van der Waals surface area (Å²) in [6, 6.07) is 6.74. The summed E-state index contributed by atoms with van der Waals surface area (Å²) < 4.78 is 10.8. The van der Waals surface area contributed by atoms with Crippen LogP contribution in [0.5, 0.6) is 11.5 Å². The Labute approximate surface area is 175 Å². The number of benzene rings is 1. The smallest absolute Gasteiger partial charge is 0.254 e. The molecule has 1 aliphatic rings. The van der Waals surface area contributed by atoms with Crippen molar-refractivity contribution in [1.29, 1.82) is 0 Å². The first-order valence-corrected chi connectivity index (χ1v) is 9.91. The van der Waals surface area contributed by atoms with Crippen LogP contribution in [0.4, 0.5) is 5.69 Å². The molecule has 1 aliphatic heterocycles. The third-order valence-electron chi connectivity index (χ3n) is 4.87. The molecule has 0 unspecified atom stereocenters. The summed E-state index contributed by atoms with van der Waals surface area (Å²) in [5.74, 6) is 0.551. The van der Waals surface area contributed by atoms with Gasteiger partial charge in [-0.15, -0.1) is 0 Å². The number of halogens is 1. The fourth-order valence-electron chi connectivity index (χ4n) is 3.33. The Morgan fingerprint density at radius 1 is 1.24 bits per heavy atom. The van der Waals surface area contributed by atoms with Gasteiger partial charge in [-0.2, -0.15) is 0 Å². The minimum atomic E-state index is -0.138. The van der Waals surface area contributed by atoms with Crippen molar-refractivity contribution < 1.29 is 19.1 Å². The van der Waals surface area contributed by atoms with Gasteiger partial charge in [-0.25, -0.2) is 0 Å². The van der Waals surface area contributed by atoms with Gasteiger partial charge in [-0.05, 0) is 44.0 Å². The molecular formula is C21H24ClN3O4. The van der Waals surface area contributed by atoms with Crippen molar-refractivity contribution in [3.63, 3.8) is 0 Å². The van der Waals surface area contributed by atoms with Gasteiger partial charge >= 0.3 is 0 Å². The molecule has 0 aliphatic carbocycles. The lowest BCUT2D eigenvalue weighted by molar-refractivity contribution is -0.121. The summed E-state index contributed by atoms with van der Waals surface area (Å²) in [5, 5.41) is 3.23. The standard InChI is InChI=1S/C21H24ClN3O4/c1-3-29-19-17(22)12-15(13-18(19)28-2)21(27)25-10-6-14(7-11-25)20(26)24-16-4-8-23-9-5-16/h4-5,8-9,12-14H,3,6-7,10-11H2,1-2H3,(H,23,24,26). The summed E-state index contributed by atoms with van der Waals surface area (Å²) in [5.41, 5.74) is 1.16. The summed E-state index contributed by atoms with van der Waals surface area (Å²) in [4.78, 5) is 31.1. The van der Waals surface area contributed by atoms with E-state index in [1.165, 1.54) is 7.11 Å². The van der Waals surface area contributed by atoms with E-state index in [1.807, 2.05) is 6.92 Å². The number of ether oxygens (including phenoxy) is 2. The van der Waals surface area contributed by atoms with Crippen molar-refractivity contribution in [2.45, 2.75) is 19.8 Å². The fourth-order valence-corrected chi connectivity index (χ4v) is 3.60. The molecule has 1 saturated heterocycles. The number of aromatic nitrogens is 1. The van der Waals surface area contributed by atoms with Gasteiger partial charge in [0.05, 0.1) is 18.7 Å². The predicted molar refractivity (Wildman–Crippen MR) is 111 cm³/mol. The second-order valence-electron chi connectivity index (χ2n) is 6.71. The summed E-state index contributed by atoms with van der Waals surface area (Å²) >= 11 is 6.28. The third-order valence-corrected chi connectivity index (χ3v) is 5.15. The number of hydrogen-bond donors (Lipinski definition) is 1. The Hall–Kier alpha value is -2.80. The number of nitrogens with zero attached hydrogens (tertiary/aromatic N) is 2. The summed E-state index contributed by atoms with van der Waals surface area (Å²) in [6.45, 7) is 3.29. The van der Waals surface area contributed by atoms with Gasteiger partial charge in [0.2, 0.25) is 5.91 Å². The number of likely N-dealkylation sites (tertiary alicyclic amines) is 1. The number of rotatable bonds is 6. The number of piperidine rings is 1. The molecule has 1 aromatic carbocycles. The number of carbonyl (C=O) groups is 2. The summed E-state index contributed by atoms with van der Waals surface area (Å²) in [7, 11) is 1.51. The minimum absolute atomic E-state index is 0.0333. The normalized spacial score (nSPS) is 14.4. The van der Waals surface area contributed by atoms with Gasteiger partial charge in [-0.1, -0.05) is 11.6 Å². The Morgan fingerprint density at radius 3 is 2.55 bits per heavy atom. The lowest BCUT2D eigenvalue weighted by Crippen LogP contribution is -2.41. The Kier molecular flexibility index (Phi) is 6.93. The number of carbonyl (C=O) groups excluding carboxylic acids is 2. The quantitative estimate of drug-likeness (QED) is 0.776. The maximum Gasteiger partial charge on any atom is 0.254 e. The molecule has 154 valence electrons. The van der Waals surface area contributed by atoms with Gasteiger partial charge < -0.3 is 19.7 Å². The van der Waals surface area contributed by atoms with E-state index in [0.717, 1.165) is 5.69 Å². The number of anilines is 1. The first kappa shape index (κ1) is 20.9. The molecule has 0 saturated carbocycles. The van der Waals surface area contributed by atoms with Crippen LogP contribution in [0.15, 0.2) is 36.7 Å². The highest BCUT2D eigenvalue weighted by Gasteiger charge is 2.28. The monoisotopic (exact) mass is 417 g/mol. The highest BCUT2D eigenvalue weighted by molar-refractivity contribution is 6.32. The lowest BCUT2D eigenvalue weighted by atomic mass is 9.95. The molecule has 2 aromatic rings. The van der Waals surface area contributed by atoms with Gasteiger partial charge in [0.15, 0.2) is 11.5 Å². The number of methoxy groups -OCH3 is 1. The molecule has 1 N–H and O–H groups in total. The number of pyridine rings is 1. The second-order valence-corrected chi connectivity index (χ2v) is 7.12. The van der Waals surface area contributed by atoms with E-state index in [-0.39, 0.29) is 17.7 Å². The van der Waals surface area contributed by atoms with E-state index in [9.17, 15) is 9.59 Å². The molecule has 1 fully saturated rings. The fraction of sp³-hybridized carbons (Fsp3) is 0.381. The van der Waals surface area contributed by atoms with Crippen LogP contribution in [-0.4, -0.2) is 48.5 Å². The van der Waals surface area contributed by atoms with Crippen LogP contribution in [-0.2, 0) is 4.79 Å². The lowest BCUT2D eigenvalue weighted by Gasteiger charge is -2.31. The van der Waals surface area contributed by atoms with E-state index in [2.05, 4.69) is 10.3 Å². The molecular weight excluding hydrogens is 394 g/mol. The van der Waals surface area contributed by atoms with Crippen molar-refractivity contribution in [2.75, 3.05) is 32.1 Å². The van der Waals surface area contributed by atoms with Crippen LogP contribution in [0.25, 0.3) is 0 Å². The highest BCUT2D eigenvalue weighted by Crippen LogP contribution is 2.37. The first-order chi connectivity index (χ1) is 14.0. The maximum atomic E-state index is 12.9. The molecule has 0 atom stereocenters. The van der Waals surface area contributed by atoms with Gasteiger partial charge in [-0.3, -0.25) is 14.6 Å². The molecule has 2 amide bonds. The van der Waals surface area contributed by atoms with Crippen LogP contribution in [0.1, 0.15) is 30.1 Å². The highest BCUT2D eigenvalue weighted by atomic mass is 35.5. The minimum Gasteiger partial charge on any atom is -0.493 e.